The van der Waals surface area contributed by atoms with Crippen molar-refractivity contribution in [1.29, 1.82) is 0 Å². The molecule has 98 valence electrons. The lowest BCUT2D eigenvalue weighted by molar-refractivity contribution is -0.136. The van der Waals surface area contributed by atoms with Gasteiger partial charge in [-0.15, -0.1) is 0 Å². The van der Waals surface area contributed by atoms with Gasteiger partial charge >= 0.3 is 5.97 Å². The Morgan fingerprint density at radius 3 is 3.17 bits per heavy atom. The number of benzene rings is 1. The highest BCUT2D eigenvalue weighted by Crippen LogP contribution is 2.23. The van der Waals surface area contributed by atoms with Gasteiger partial charge in [0.2, 0.25) is 0 Å². The van der Waals surface area contributed by atoms with Crippen LogP contribution in [0.5, 0.6) is 0 Å². The van der Waals surface area contributed by atoms with E-state index in [4.69, 9.17) is 5.11 Å². The van der Waals surface area contributed by atoms with Gasteiger partial charge in [-0.1, -0.05) is 12.1 Å². The highest BCUT2D eigenvalue weighted by Gasteiger charge is 2.11. The zero-order chi connectivity index (χ0) is 13.0. The van der Waals surface area contributed by atoms with Crippen molar-refractivity contribution in [3.05, 3.63) is 29.3 Å². The summed E-state index contributed by atoms with van der Waals surface area (Å²) < 4.78 is 0. The van der Waals surface area contributed by atoms with Crippen LogP contribution in [0.4, 0.5) is 5.69 Å². The van der Waals surface area contributed by atoms with Crippen LogP contribution in [-0.2, 0) is 17.6 Å². The predicted octanol–water partition coefficient (Wildman–Crippen LogP) is 1.65. The van der Waals surface area contributed by atoms with Gasteiger partial charge < -0.3 is 15.7 Å². The lowest BCUT2D eigenvalue weighted by atomic mass is 10.0. The number of rotatable bonds is 6. The molecule has 0 radical (unpaired) electrons. The van der Waals surface area contributed by atoms with Gasteiger partial charge in [-0.2, -0.15) is 0 Å². The van der Waals surface area contributed by atoms with E-state index < -0.39 is 5.97 Å². The van der Waals surface area contributed by atoms with Gasteiger partial charge in [-0.25, -0.2) is 0 Å². The molecule has 3 N–H and O–H groups in total. The van der Waals surface area contributed by atoms with E-state index in [1.54, 1.807) is 0 Å². The fourth-order valence-corrected chi connectivity index (χ4v) is 2.34. The molecule has 0 amide bonds. The minimum Gasteiger partial charge on any atom is -0.481 e. The molecule has 2 rings (SSSR count). The molecule has 4 nitrogen and oxygen atoms in total. The topological polar surface area (TPSA) is 61.4 Å². The quantitative estimate of drug-likeness (QED) is 0.716. The molecule has 0 aromatic heterocycles. The summed E-state index contributed by atoms with van der Waals surface area (Å²) in [5, 5.41) is 15.2. The summed E-state index contributed by atoms with van der Waals surface area (Å²) in [5.74, 6) is -0.752. The summed E-state index contributed by atoms with van der Waals surface area (Å²) >= 11 is 0. The lowest BCUT2D eigenvalue weighted by Crippen LogP contribution is -2.30. The van der Waals surface area contributed by atoms with Crippen LogP contribution in [0.1, 0.15) is 24.5 Å². The van der Waals surface area contributed by atoms with E-state index in [9.17, 15) is 4.79 Å². The number of hydrogen-bond donors (Lipinski definition) is 3. The minimum absolute atomic E-state index is 0.179. The van der Waals surface area contributed by atoms with Gasteiger partial charge in [-0.05, 0) is 37.0 Å². The van der Waals surface area contributed by atoms with Gasteiger partial charge in [0.1, 0.15) is 0 Å². The first kappa shape index (κ1) is 12.9. The van der Waals surface area contributed by atoms with Crippen molar-refractivity contribution >= 4 is 11.7 Å². The molecule has 0 fully saturated rings. The van der Waals surface area contributed by atoms with E-state index in [-0.39, 0.29) is 6.42 Å². The second kappa shape index (κ2) is 5.87. The van der Waals surface area contributed by atoms with Crippen LogP contribution in [0.2, 0.25) is 0 Å². The van der Waals surface area contributed by atoms with E-state index in [0.717, 1.165) is 19.4 Å². The molecule has 1 heterocycles. The lowest BCUT2D eigenvalue weighted by Gasteiger charge is -2.13. The average Bonchev–Trinajstić information content (AvgIpc) is 2.75. The Morgan fingerprint density at radius 1 is 1.56 bits per heavy atom. The van der Waals surface area contributed by atoms with E-state index in [1.165, 1.54) is 16.8 Å². The van der Waals surface area contributed by atoms with Crippen molar-refractivity contribution in [2.45, 2.75) is 32.2 Å². The Morgan fingerprint density at radius 2 is 2.39 bits per heavy atom. The van der Waals surface area contributed by atoms with Gasteiger partial charge in [-0.3, -0.25) is 4.79 Å². The molecule has 1 aliphatic heterocycles. The van der Waals surface area contributed by atoms with Crippen LogP contribution in [0, 0.1) is 0 Å². The van der Waals surface area contributed by atoms with Gasteiger partial charge in [0.15, 0.2) is 0 Å². The zero-order valence-electron chi connectivity index (χ0n) is 10.7. The highest BCUT2D eigenvalue weighted by atomic mass is 16.4. The summed E-state index contributed by atoms with van der Waals surface area (Å²) in [6, 6.07) is 6.84. The minimum atomic E-state index is -0.752. The van der Waals surface area contributed by atoms with Crippen LogP contribution in [0.15, 0.2) is 18.2 Å². The van der Waals surface area contributed by atoms with Crippen molar-refractivity contribution in [1.82, 2.24) is 5.32 Å². The Hall–Kier alpha value is -1.55. The zero-order valence-corrected chi connectivity index (χ0v) is 10.7. The number of nitrogens with one attached hydrogen (secondary N) is 2. The van der Waals surface area contributed by atoms with Crippen molar-refractivity contribution in [3.63, 3.8) is 0 Å². The molecule has 1 aliphatic rings. The highest BCUT2D eigenvalue weighted by molar-refractivity contribution is 5.66. The summed E-state index contributed by atoms with van der Waals surface area (Å²) in [4.78, 5) is 10.4. The number of hydrogen-bond acceptors (Lipinski definition) is 3. The molecule has 4 heteroatoms. The van der Waals surface area contributed by atoms with E-state index in [2.05, 4.69) is 35.8 Å². The molecular weight excluding hydrogens is 228 g/mol. The first-order valence-corrected chi connectivity index (χ1v) is 6.46. The second-order valence-corrected chi connectivity index (χ2v) is 4.87. The number of fused-ring (bicyclic) bond motifs is 1. The molecule has 1 aromatic carbocycles. The normalized spacial score (nSPS) is 14.9. The van der Waals surface area contributed by atoms with Crippen molar-refractivity contribution < 1.29 is 9.90 Å². The number of aliphatic carboxylic acids is 1. The summed E-state index contributed by atoms with van der Waals surface area (Å²) in [6.07, 6.45) is 2.22. The van der Waals surface area contributed by atoms with Crippen LogP contribution in [-0.4, -0.2) is 30.2 Å². The van der Waals surface area contributed by atoms with Gasteiger partial charge in [0.05, 0.1) is 6.42 Å². The third-order valence-electron chi connectivity index (χ3n) is 3.25. The molecule has 0 saturated carbocycles. The Bertz CT molecular complexity index is 432. The molecule has 1 aromatic rings. The summed E-state index contributed by atoms with van der Waals surface area (Å²) in [6.45, 7) is 3.65. The Labute approximate surface area is 107 Å². The largest absolute Gasteiger partial charge is 0.481 e. The third-order valence-corrected chi connectivity index (χ3v) is 3.25. The van der Waals surface area contributed by atoms with Crippen LogP contribution in [0.3, 0.4) is 0 Å². The maximum Gasteiger partial charge on any atom is 0.304 e. The maximum absolute atomic E-state index is 10.4. The Balaban J connectivity index is 1.83. The van der Waals surface area contributed by atoms with Crippen LogP contribution >= 0.6 is 0 Å². The molecule has 0 spiro atoms. The average molecular weight is 248 g/mol. The fraction of sp³-hybridized carbons (Fsp3) is 0.500. The molecule has 1 unspecified atom stereocenters. The standard InChI is InChI=1S/C14H20N2O2/c1-10(15-7-5-14(17)18)8-11-2-3-13-12(9-11)4-6-16-13/h2-3,9-10,15-16H,4-8H2,1H3,(H,17,18). The molecular formula is C14H20N2O2. The summed E-state index contributed by atoms with van der Waals surface area (Å²) in [5.41, 5.74) is 3.96. The number of carbonyl (C=O) groups is 1. The van der Waals surface area contributed by atoms with Gasteiger partial charge in [0, 0.05) is 24.8 Å². The smallest absolute Gasteiger partial charge is 0.304 e. The molecule has 0 aliphatic carbocycles. The van der Waals surface area contributed by atoms with E-state index in [0.29, 0.717) is 12.6 Å². The number of carboxylic acid groups (broad SMARTS) is 1. The van der Waals surface area contributed by atoms with Crippen molar-refractivity contribution in [3.8, 4) is 0 Å². The molecule has 1 atom stereocenters. The van der Waals surface area contributed by atoms with Crippen LogP contribution in [0.25, 0.3) is 0 Å². The Kier molecular flexibility index (Phi) is 4.20. The third kappa shape index (κ3) is 3.47. The van der Waals surface area contributed by atoms with Gasteiger partial charge in [0.25, 0.3) is 0 Å². The number of anilines is 1. The summed E-state index contributed by atoms with van der Waals surface area (Å²) in [7, 11) is 0. The fourth-order valence-electron chi connectivity index (χ4n) is 2.34. The molecule has 0 bridgehead atoms. The maximum atomic E-state index is 10.4. The van der Waals surface area contributed by atoms with Crippen LogP contribution < -0.4 is 10.6 Å². The first-order chi connectivity index (χ1) is 8.65. The molecule has 18 heavy (non-hydrogen) atoms. The second-order valence-electron chi connectivity index (χ2n) is 4.87. The molecule has 0 saturated heterocycles. The number of carboxylic acids is 1. The van der Waals surface area contributed by atoms with E-state index in [1.807, 2.05) is 0 Å². The first-order valence-electron chi connectivity index (χ1n) is 6.46. The van der Waals surface area contributed by atoms with Crippen molar-refractivity contribution in [2.24, 2.45) is 0 Å². The predicted molar refractivity (Wildman–Crippen MR) is 72.1 cm³/mol. The van der Waals surface area contributed by atoms with E-state index >= 15 is 0 Å². The monoisotopic (exact) mass is 248 g/mol. The van der Waals surface area contributed by atoms with Crippen molar-refractivity contribution in [2.75, 3.05) is 18.4 Å². The SMILES string of the molecule is CC(Cc1ccc2c(c1)CCN2)NCCC(=O)O.